The molecule has 0 aliphatic heterocycles. The Labute approximate surface area is 152 Å². The van der Waals surface area contributed by atoms with Crippen molar-refractivity contribution < 1.29 is 22.7 Å². The monoisotopic (exact) mass is 376 g/mol. The number of hydrogen-bond acceptors (Lipinski definition) is 5. The van der Waals surface area contributed by atoms with Gasteiger partial charge in [0.15, 0.2) is 0 Å². The fraction of sp³-hybridized carbons (Fsp3) is 0.222. The van der Waals surface area contributed by atoms with Gasteiger partial charge in [0.2, 0.25) is 10.0 Å². The van der Waals surface area contributed by atoms with Gasteiger partial charge in [0.25, 0.3) is 5.91 Å². The first-order valence-electron chi connectivity index (χ1n) is 7.85. The summed E-state index contributed by atoms with van der Waals surface area (Å²) < 4.78 is 31.5. The summed E-state index contributed by atoms with van der Waals surface area (Å²) in [4.78, 5) is 23.8. The van der Waals surface area contributed by atoms with Crippen LogP contribution in [0.2, 0.25) is 0 Å². The predicted octanol–water partition coefficient (Wildman–Crippen LogP) is 2.41. The van der Waals surface area contributed by atoms with E-state index in [0.717, 1.165) is 0 Å². The molecule has 0 unspecified atom stereocenters. The molecule has 0 heterocycles. The molecule has 0 fully saturated rings. The van der Waals surface area contributed by atoms with Crippen LogP contribution in [0.25, 0.3) is 0 Å². The van der Waals surface area contributed by atoms with Crippen molar-refractivity contribution in [3.05, 3.63) is 59.7 Å². The lowest BCUT2D eigenvalue weighted by molar-refractivity contribution is 0.0600. The molecule has 0 bridgehead atoms. The van der Waals surface area contributed by atoms with Crippen molar-refractivity contribution in [3.63, 3.8) is 0 Å². The van der Waals surface area contributed by atoms with Crippen LogP contribution < -0.4 is 10.0 Å². The zero-order valence-corrected chi connectivity index (χ0v) is 15.5. The Bertz CT molecular complexity index is 905. The highest BCUT2D eigenvalue weighted by atomic mass is 32.2. The number of carbonyl (C=O) groups excluding carboxylic acids is 2. The maximum atomic E-state index is 12.4. The third-order valence-electron chi connectivity index (χ3n) is 3.36. The lowest BCUT2D eigenvalue weighted by Gasteiger charge is -2.11. The van der Waals surface area contributed by atoms with Crippen LogP contribution in [0.4, 0.5) is 5.69 Å². The summed E-state index contributed by atoms with van der Waals surface area (Å²) in [6.07, 6.45) is 0. The average molecular weight is 376 g/mol. The molecule has 0 spiro atoms. The van der Waals surface area contributed by atoms with Gasteiger partial charge in [-0.15, -0.1) is 0 Å². The SMILES string of the molecule is COC(=O)c1ccc(NC(=O)c2cccc(S(=O)(=O)NC(C)C)c2)cc1. The van der Waals surface area contributed by atoms with E-state index in [4.69, 9.17) is 0 Å². The first-order valence-corrected chi connectivity index (χ1v) is 9.33. The van der Waals surface area contributed by atoms with E-state index in [-0.39, 0.29) is 16.5 Å². The smallest absolute Gasteiger partial charge is 0.337 e. The highest BCUT2D eigenvalue weighted by Crippen LogP contribution is 2.15. The lowest BCUT2D eigenvalue weighted by Crippen LogP contribution is -2.30. The first kappa shape index (κ1) is 19.6. The molecule has 2 rings (SSSR count). The Morgan fingerprint density at radius 1 is 1.00 bits per heavy atom. The molecule has 8 heteroatoms. The van der Waals surface area contributed by atoms with Crippen LogP contribution in [-0.4, -0.2) is 33.4 Å². The molecule has 26 heavy (non-hydrogen) atoms. The topological polar surface area (TPSA) is 102 Å². The second kappa shape index (κ2) is 8.11. The largest absolute Gasteiger partial charge is 0.465 e. The van der Waals surface area contributed by atoms with Crippen LogP contribution in [0.3, 0.4) is 0 Å². The molecular formula is C18H20N2O5S. The number of ether oxygens (including phenoxy) is 1. The summed E-state index contributed by atoms with van der Waals surface area (Å²) in [6.45, 7) is 3.43. The molecule has 138 valence electrons. The van der Waals surface area contributed by atoms with Crippen molar-refractivity contribution in [3.8, 4) is 0 Å². The number of carbonyl (C=O) groups is 2. The molecule has 2 aromatic rings. The van der Waals surface area contributed by atoms with E-state index < -0.39 is 21.9 Å². The number of hydrogen-bond donors (Lipinski definition) is 2. The van der Waals surface area contributed by atoms with Crippen LogP contribution in [0.1, 0.15) is 34.6 Å². The van der Waals surface area contributed by atoms with Crippen LogP contribution >= 0.6 is 0 Å². The second-order valence-corrected chi connectivity index (χ2v) is 7.54. The van der Waals surface area contributed by atoms with Crippen molar-refractivity contribution in [2.45, 2.75) is 24.8 Å². The van der Waals surface area contributed by atoms with Crippen molar-refractivity contribution >= 4 is 27.6 Å². The molecule has 0 atom stereocenters. The minimum atomic E-state index is -3.69. The highest BCUT2D eigenvalue weighted by molar-refractivity contribution is 7.89. The molecule has 0 aliphatic carbocycles. The number of methoxy groups -OCH3 is 1. The Morgan fingerprint density at radius 2 is 1.65 bits per heavy atom. The van der Waals surface area contributed by atoms with Gasteiger partial charge in [-0.25, -0.2) is 17.9 Å². The Hall–Kier alpha value is -2.71. The van der Waals surface area contributed by atoms with Crippen LogP contribution in [0.15, 0.2) is 53.4 Å². The molecule has 2 aromatic carbocycles. The highest BCUT2D eigenvalue weighted by Gasteiger charge is 2.17. The molecular weight excluding hydrogens is 356 g/mol. The molecule has 0 radical (unpaired) electrons. The fourth-order valence-electron chi connectivity index (χ4n) is 2.19. The minimum Gasteiger partial charge on any atom is -0.465 e. The number of benzene rings is 2. The van der Waals surface area contributed by atoms with Gasteiger partial charge in [-0.2, -0.15) is 0 Å². The first-order chi connectivity index (χ1) is 12.2. The lowest BCUT2D eigenvalue weighted by atomic mass is 10.2. The van der Waals surface area contributed by atoms with Gasteiger partial charge < -0.3 is 10.1 Å². The minimum absolute atomic E-state index is 0.0138. The average Bonchev–Trinajstić information content (AvgIpc) is 2.60. The maximum absolute atomic E-state index is 12.4. The van der Waals surface area contributed by atoms with E-state index in [9.17, 15) is 18.0 Å². The van der Waals surface area contributed by atoms with E-state index in [1.165, 1.54) is 43.5 Å². The fourth-order valence-corrected chi connectivity index (χ4v) is 3.49. The van der Waals surface area contributed by atoms with Gasteiger partial charge in [0.1, 0.15) is 0 Å². The maximum Gasteiger partial charge on any atom is 0.337 e. The molecule has 1 amide bonds. The van der Waals surface area contributed by atoms with E-state index in [2.05, 4.69) is 14.8 Å². The second-order valence-electron chi connectivity index (χ2n) is 5.83. The summed E-state index contributed by atoms with van der Waals surface area (Å²) in [7, 11) is -2.40. The van der Waals surface area contributed by atoms with E-state index in [1.54, 1.807) is 26.0 Å². The third-order valence-corrected chi connectivity index (χ3v) is 5.02. The van der Waals surface area contributed by atoms with Gasteiger partial charge >= 0.3 is 5.97 Å². The zero-order valence-electron chi connectivity index (χ0n) is 14.6. The summed E-state index contributed by atoms with van der Waals surface area (Å²) in [5, 5.41) is 2.66. The van der Waals surface area contributed by atoms with Crippen molar-refractivity contribution in [2.24, 2.45) is 0 Å². The predicted molar refractivity (Wildman–Crippen MR) is 97.6 cm³/mol. The number of amides is 1. The molecule has 0 saturated carbocycles. The van der Waals surface area contributed by atoms with Gasteiger partial charge in [0, 0.05) is 17.3 Å². The summed E-state index contributed by atoms with van der Waals surface area (Å²) in [5.41, 5.74) is 1.03. The number of rotatable bonds is 6. The number of anilines is 1. The van der Waals surface area contributed by atoms with Gasteiger partial charge in [0.05, 0.1) is 17.6 Å². The van der Waals surface area contributed by atoms with Gasteiger partial charge in [-0.05, 0) is 56.3 Å². The van der Waals surface area contributed by atoms with Gasteiger partial charge in [-0.3, -0.25) is 4.79 Å². The standard InChI is InChI=1S/C18H20N2O5S/c1-12(2)20-26(23,24)16-6-4-5-14(11-16)17(21)19-15-9-7-13(8-10-15)18(22)25-3/h4-12,20H,1-3H3,(H,19,21). The Kier molecular flexibility index (Phi) is 6.12. The van der Waals surface area contributed by atoms with E-state index >= 15 is 0 Å². The van der Waals surface area contributed by atoms with Crippen molar-refractivity contribution in [1.29, 1.82) is 0 Å². The zero-order chi connectivity index (χ0) is 19.3. The van der Waals surface area contributed by atoms with Crippen molar-refractivity contribution in [1.82, 2.24) is 4.72 Å². The van der Waals surface area contributed by atoms with E-state index in [1.807, 2.05) is 0 Å². The molecule has 0 saturated heterocycles. The van der Waals surface area contributed by atoms with Crippen LogP contribution in [0, 0.1) is 0 Å². The van der Waals surface area contributed by atoms with Gasteiger partial charge in [-0.1, -0.05) is 6.07 Å². The summed E-state index contributed by atoms with van der Waals surface area (Å²) in [5.74, 6) is -0.934. The van der Waals surface area contributed by atoms with Crippen LogP contribution in [-0.2, 0) is 14.8 Å². The molecule has 0 aliphatic rings. The molecule has 2 N–H and O–H groups in total. The normalized spacial score (nSPS) is 11.2. The number of esters is 1. The Morgan fingerprint density at radius 3 is 2.23 bits per heavy atom. The number of sulfonamides is 1. The Balaban J connectivity index is 2.18. The molecule has 0 aromatic heterocycles. The molecule has 7 nitrogen and oxygen atoms in total. The van der Waals surface area contributed by atoms with Crippen molar-refractivity contribution in [2.75, 3.05) is 12.4 Å². The summed E-state index contributed by atoms with van der Waals surface area (Å²) in [6, 6.07) is 11.7. The number of nitrogens with one attached hydrogen (secondary N) is 2. The van der Waals surface area contributed by atoms with E-state index in [0.29, 0.717) is 11.3 Å². The summed E-state index contributed by atoms with van der Waals surface area (Å²) >= 11 is 0. The third kappa shape index (κ3) is 4.90. The quantitative estimate of drug-likeness (QED) is 0.754. The van der Waals surface area contributed by atoms with Crippen LogP contribution in [0.5, 0.6) is 0 Å².